The van der Waals surface area contributed by atoms with Gasteiger partial charge in [0.2, 0.25) is 11.8 Å². The fraction of sp³-hybridized carbons (Fsp3) is 0.273. The van der Waals surface area contributed by atoms with Crippen molar-refractivity contribution in [2.45, 2.75) is 33.2 Å². The minimum atomic E-state index is -0.177. The molecule has 0 aliphatic heterocycles. The van der Waals surface area contributed by atoms with Gasteiger partial charge in [0.25, 0.3) is 0 Å². The first-order valence-corrected chi connectivity index (χ1v) is 9.23. The molecule has 2 N–H and O–H groups in total. The van der Waals surface area contributed by atoms with Crippen LogP contribution in [0.15, 0.2) is 48.7 Å². The lowest BCUT2D eigenvalue weighted by Crippen LogP contribution is -2.15. The summed E-state index contributed by atoms with van der Waals surface area (Å²) in [4.78, 5) is 24.0. The summed E-state index contributed by atoms with van der Waals surface area (Å²) in [5, 5.41) is 6.69. The van der Waals surface area contributed by atoms with Crippen molar-refractivity contribution in [1.82, 2.24) is 4.57 Å². The third-order valence-corrected chi connectivity index (χ3v) is 4.52. The second-order valence-corrected chi connectivity index (χ2v) is 6.99. The number of amides is 2. The van der Waals surface area contributed by atoms with Crippen molar-refractivity contribution >= 4 is 34.1 Å². The number of rotatable bonds is 6. The van der Waals surface area contributed by atoms with Gasteiger partial charge < -0.3 is 19.9 Å². The van der Waals surface area contributed by atoms with Gasteiger partial charge in [0, 0.05) is 35.8 Å². The molecule has 0 saturated heterocycles. The van der Waals surface area contributed by atoms with E-state index in [4.69, 9.17) is 4.74 Å². The number of nitrogens with zero attached hydrogens (tertiary/aromatic N) is 1. The van der Waals surface area contributed by atoms with Crippen LogP contribution in [0, 0.1) is 0 Å². The highest BCUT2D eigenvalue weighted by atomic mass is 16.5. The molecule has 0 atom stereocenters. The lowest BCUT2D eigenvalue weighted by molar-refractivity contribution is -0.115. The molecule has 28 heavy (non-hydrogen) atoms. The molecule has 1 heterocycles. The van der Waals surface area contributed by atoms with Crippen LogP contribution in [0.2, 0.25) is 0 Å². The van der Waals surface area contributed by atoms with Crippen LogP contribution in [0.25, 0.3) is 10.9 Å². The van der Waals surface area contributed by atoms with E-state index in [0.29, 0.717) is 23.2 Å². The maximum atomic E-state index is 12.7. The van der Waals surface area contributed by atoms with Crippen molar-refractivity contribution < 1.29 is 14.3 Å². The average molecular weight is 379 g/mol. The van der Waals surface area contributed by atoms with Gasteiger partial charge >= 0.3 is 0 Å². The molecule has 3 aromatic rings. The Morgan fingerprint density at radius 3 is 2.54 bits per heavy atom. The van der Waals surface area contributed by atoms with Crippen LogP contribution in [-0.2, 0) is 16.0 Å². The van der Waals surface area contributed by atoms with E-state index in [0.717, 1.165) is 16.5 Å². The third-order valence-electron chi connectivity index (χ3n) is 4.52. The van der Waals surface area contributed by atoms with Crippen molar-refractivity contribution in [3.8, 4) is 5.75 Å². The molecule has 0 saturated carbocycles. The second kappa shape index (κ2) is 8.17. The van der Waals surface area contributed by atoms with Gasteiger partial charge in [-0.05, 0) is 43.7 Å². The molecule has 2 amide bonds. The molecule has 6 heteroatoms. The first-order chi connectivity index (χ1) is 13.4. The molecular formula is C22H25N3O3. The molecule has 0 aliphatic rings. The first-order valence-electron chi connectivity index (χ1n) is 9.23. The van der Waals surface area contributed by atoms with Gasteiger partial charge in [0.05, 0.1) is 19.2 Å². The maximum absolute atomic E-state index is 12.7. The average Bonchev–Trinajstić information content (AvgIpc) is 3.00. The number of carbonyl (C=O) groups excluding carboxylic acids is 2. The zero-order chi connectivity index (χ0) is 20.3. The molecule has 0 fully saturated rings. The molecule has 146 valence electrons. The van der Waals surface area contributed by atoms with Crippen LogP contribution in [0.3, 0.4) is 0 Å². The number of fused-ring (bicyclic) bond motifs is 1. The summed E-state index contributed by atoms with van der Waals surface area (Å²) in [5.74, 6) is 0.209. The van der Waals surface area contributed by atoms with Gasteiger partial charge in [0.1, 0.15) is 5.75 Å². The molecule has 0 aliphatic carbocycles. The van der Waals surface area contributed by atoms with Crippen molar-refractivity contribution in [3.63, 3.8) is 0 Å². The van der Waals surface area contributed by atoms with E-state index in [2.05, 4.69) is 35.1 Å². The molecule has 0 radical (unpaired) electrons. The number of ether oxygens (including phenoxy) is 1. The third kappa shape index (κ3) is 4.17. The number of aromatic nitrogens is 1. The molecule has 2 aromatic carbocycles. The van der Waals surface area contributed by atoms with Gasteiger partial charge in [0.15, 0.2) is 0 Å². The Balaban J connectivity index is 1.85. The highest BCUT2D eigenvalue weighted by Gasteiger charge is 2.15. The Kier molecular flexibility index (Phi) is 5.68. The van der Waals surface area contributed by atoms with Gasteiger partial charge in [-0.25, -0.2) is 0 Å². The summed E-state index contributed by atoms with van der Waals surface area (Å²) < 4.78 is 7.51. The lowest BCUT2D eigenvalue weighted by Gasteiger charge is -2.12. The van der Waals surface area contributed by atoms with E-state index >= 15 is 0 Å². The quantitative estimate of drug-likeness (QED) is 0.668. The fourth-order valence-corrected chi connectivity index (χ4v) is 3.30. The summed E-state index contributed by atoms with van der Waals surface area (Å²) in [6.45, 7) is 5.68. The Bertz CT molecular complexity index is 1020. The summed E-state index contributed by atoms with van der Waals surface area (Å²) in [6.07, 6.45) is 2.29. The van der Waals surface area contributed by atoms with Gasteiger partial charge in [-0.3, -0.25) is 9.59 Å². The zero-order valence-electron chi connectivity index (χ0n) is 16.6. The monoisotopic (exact) mass is 379 g/mol. The van der Waals surface area contributed by atoms with Crippen molar-refractivity contribution in [2.24, 2.45) is 0 Å². The number of carbonyl (C=O) groups is 2. The SMILES string of the molecule is COc1ccc(NC(C)=O)cc1NC(=O)Cc1cn(C(C)C)c2ccccc12. The van der Waals surface area contributed by atoms with E-state index < -0.39 is 0 Å². The topological polar surface area (TPSA) is 72.4 Å². The Labute approximate surface area is 164 Å². The number of benzene rings is 2. The van der Waals surface area contributed by atoms with Crippen LogP contribution in [0.1, 0.15) is 32.4 Å². The van der Waals surface area contributed by atoms with E-state index in [9.17, 15) is 9.59 Å². The van der Waals surface area contributed by atoms with Gasteiger partial charge in [-0.1, -0.05) is 18.2 Å². The summed E-state index contributed by atoms with van der Waals surface area (Å²) in [7, 11) is 1.54. The smallest absolute Gasteiger partial charge is 0.228 e. The summed E-state index contributed by atoms with van der Waals surface area (Å²) >= 11 is 0. The largest absolute Gasteiger partial charge is 0.495 e. The minimum absolute atomic E-state index is 0.148. The van der Waals surface area contributed by atoms with E-state index in [-0.39, 0.29) is 18.2 Å². The molecule has 1 aromatic heterocycles. The molecule has 0 unspecified atom stereocenters. The molecule has 6 nitrogen and oxygen atoms in total. The maximum Gasteiger partial charge on any atom is 0.228 e. The standard InChI is InChI=1S/C22H25N3O3/c1-14(2)25-13-16(18-7-5-6-8-20(18)25)11-22(27)24-19-12-17(23-15(3)26)9-10-21(19)28-4/h5-10,12-14H,11H2,1-4H3,(H,23,26)(H,24,27). The predicted molar refractivity (Wildman–Crippen MR) is 112 cm³/mol. The Hall–Kier alpha value is -3.28. The zero-order valence-corrected chi connectivity index (χ0v) is 16.6. The number of anilines is 2. The van der Waals surface area contributed by atoms with Gasteiger partial charge in [-0.15, -0.1) is 0 Å². The highest BCUT2D eigenvalue weighted by molar-refractivity contribution is 5.98. The van der Waals surface area contributed by atoms with Crippen LogP contribution >= 0.6 is 0 Å². The fourth-order valence-electron chi connectivity index (χ4n) is 3.30. The second-order valence-electron chi connectivity index (χ2n) is 6.99. The number of para-hydroxylation sites is 1. The molecule has 3 rings (SSSR count). The van der Waals surface area contributed by atoms with Gasteiger partial charge in [-0.2, -0.15) is 0 Å². The minimum Gasteiger partial charge on any atom is -0.495 e. The predicted octanol–water partition coefficient (Wildman–Crippen LogP) is 4.37. The van der Waals surface area contributed by atoms with Crippen LogP contribution in [0.5, 0.6) is 5.75 Å². The van der Waals surface area contributed by atoms with Crippen molar-refractivity contribution in [2.75, 3.05) is 17.7 Å². The number of hydrogen-bond donors (Lipinski definition) is 2. The normalized spacial score (nSPS) is 10.9. The summed E-state index contributed by atoms with van der Waals surface area (Å²) in [5.41, 5.74) is 3.20. The highest BCUT2D eigenvalue weighted by Crippen LogP contribution is 2.29. The Morgan fingerprint density at radius 2 is 1.86 bits per heavy atom. The Morgan fingerprint density at radius 1 is 1.11 bits per heavy atom. The van der Waals surface area contributed by atoms with Crippen molar-refractivity contribution in [1.29, 1.82) is 0 Å². The number of nitrogens with one attached hydrogen (secondary N) is 2. The number of methoxy groups -OCH3 is 1. The molecular weight excluding hydrogens is 354 g/mol. The first kappa shape index (κ1) is 19.5. The van der Waals surface area contributed by atoms with Crippen LogP contribution in [0.4, 0.5) is 11.4 Å². The lowest BCUT2D eigenvalue weighted by atomic mass is 10.1. The van der Waals surface area contributed by atoms with Crippen molar-refractivity contribution in [3.05, 3.63) is 54.2 Å². The number of hydrogen-bond acceptors (Lipinski definition) is 3. The van der Waals surface area contributed by atoms with Crippen LogP contribution < -0.4 is 15.4 Å². The molecule has 0 bridgehead atoms. The van der Waals surface area contributed by atoms with E-state index in [1.165, 1.54) is 6.92 Å². The van der Waals surface area contributed by atoms with Crippen LogP contribution in [-0.4, -0.2) is 23.5 Å². The van der Waals surface area contributed by atoms with E-state index in [1.807, 2.05) is 24.4 Å². The van der Waals surface area contributed by atoms with E-state index in [1.54, 1.807) is 25.3 Å². The summed E-state index contributed by atoms with van der Waals surface area (Å²) in [6, 6.07) is 13.5. The molecule has 0 spiro atoms.